The number of aryl methyl sites for hydroxylation is 2. The zero-order valence-corrected chi connectivity index (χ0v) is 19.0. The van der Waals surface area contributed by atoms with Crippen LogP contribution in [0.25, 0.3) is 10.6 Å². The van der Waals surface area contributed by atoms with E-state index in [4.69, 9.17) is 0 Å². The predicted octanol–water partition coefficient (Wildman–Crippen LogP) is 4.61. The molecule has 0 aliphatic heterocycles. The van der Waals surface area contributed by atoms with Crippen LogP contribution in [0.4, 0.5) is 0 Å². The summed E-state index contributed by atoms with van der Waals surface area (Å²) in [5, 5.41) is 5.84. The highest BCUT2D eigenvalue weighted by Crippen LogP contribution is 2.24. The van der Waals surface area contributed by atoms with Gasteiger partial charge >= 0.3 is 0 Å². The lowest BCUT2D eigenvalue weighted by Crippen LogP contribution is -2.33. The number of amides is 1. The Hall–Kier alpha value is -3.51. The molecule has 2 aromatic carbocycles. The van der Waals surface area contributed by atoms with Gasteiger partial charge in [0.15, 0.2) is 0 Å². The average Bonchev–Trinajstić information content (AvgIpc) is 3.24. The van der Waals surface area contributed by atoms with Crippen molar-refractivity contribution in [3.05, 3.63) is 111 Å². The largest absolute Gasteiger partial charge is 0.351 e. The topological polar surface area (TPSA) is 64.0 Å². The lowest BCUT2D eigenvalue weighted by atomic mass is 10.1. The summed E-state index contributed by atoms with van der Waals surface area (Å²) < 4.78 is 1.57. The normalized spacial score (nSPS) is 10.8. The molecule has 1 amide bonds. The molecule has 0 spiro atoms. The Kier molecular flexibility index (Phi) is 6.61. The van der Waals surface area contributed by atoms with E-state index in [1.807, 2.05) is 36.6 Å². The van der Waals surface area contributed by atoms with Crippen LogP contribution in [-0.2, 0) is 13.0 Å². The third kappa shape index (κ3) is 5.21. The number of nitrogens with one attached hydrogen (secondary N) is 1. The summed E-state index contributed by atoms with van der Waals surface area (Å²) in [6.45, 7) is 4.93. The number of nitrogens with zero attached hydrogens (tertiary/aromatic N) is 2. The van der Waals surface area contributed by atoms with Gasteiger partial charge in [0.2, 0.25) is 0 Å². The average molecular weight is 444 g/mol. The first-order chi connectivity index (χ1) is 15.5. The van der Waals surface area contributed by atoms with Gasteiger partial charge in [0.1, 0.15) is 10.6 Å². The number of rotatable bonds is 7. The number of hydrogen-bond donors (Lipinski definition) is 1. The number of carbonyl (C=O) groups is 1. The Bertz CT molecular complexity index is 1290. The number of carbonyl (C=O) groups excluding carboxylic acids is 1. The van der Waals surface area contributed by atoms with Gasteiger partial charge in [-0.3, -0.25) is 9.59 Å². The van der Waals surface area contributed by atoms with Gasteiger partial charge < -0.3 is 9.88 Å². The van der Waals surface area contributed by atoms with Crippen LogP contribution in [0.3, 0.4) is 0 Å². The van der Waals surface area contributed by atoms with Gasteiger partial charge in [0.25, 0.3) is 11.5 Å². The third-order valence-electron chi connectivity index (χ3n) is 5.22. The zero-order chi connectivity index (χ0) is 22.5. The van der Waals surface area contributed by atoms with E-state index in [1.54, 1.807) is 34.2 Å². The van der Waals surface area contributed by atoms with Crippen molar-refractivity contribution in [2.45, 2.75) is 26.8 Å². The number of thiazole rings is 1. The van der Waals surface area contributed by atoms with Crippen LogP contribution in [-0.4, -0.2) is 22.0 Å². The van der Waals surface area contributed by atoms with Crippen LogP contribution < -0.4 is 10.9 Å². The number of hydrogen-bond acceptors (Lipinski definition) is 4. The zero-order valence-electron chi connectivity index (χ0n) is 18.2. The Morgan fingerprint density at radius 3 is 2.62 bits per heavy atom. The Balaban J connectivity index is 1.37. The summed E-state index contributed by atoms with van der Waals surface area (Å²) in [5.41, 5.74) is 5.26. The van der Waals surface area contributed by atoms with Crippen molar-refractivity contribution in [1.82, 2.24) is 14.9 Å². The van der Waals surface area contributed by atoms with Crippen molar-refractivity contribution in [2.75, 3.05) is 6.54 Å². The molecule has 2 heterocycles. The summed E-state index contributed by atoms with van der Waals surface area (Å²) in [4.78, 5) is 30.1. The highest BCUT2D eigenvalue weighted by atomic mass is 32.1. The fourth-order valence-corrected chi connectivity index (χ4v) is 4.35. The van der Waals surface area contributed by atoms with Crippen molar-refractivity contribution < 1.29 is 4.79 Å². The number of benzene rings is 2. The lowest BCUT2D eigenvalue weighted by molar-refractivity contribution is 0.0952. The molecule has 0 fully saturated rings. The molecule has 0 atom stereocenters. The van der Waals surface area contributed by atoms with Gasteiger partial charge in [-0.25, -0.2) is 4.98 Å². The van der Waals surface area contributed by atoms with Gasteiger partial charge in [-0.15, -0.1) is 11.3 Å². The summed E-state index contributed by atoms with van der Waals surface area (Å²) in [6.07, 6.45) is 2.32. The Labute approximate surface area is 191 Å². The van der Waals surface area contributed by atoms with Gasteiger partial charge in [-0.1, -0.05) is 59.7 Å². The monoisotopic (exact) mass is 443 g/mol. The highest BCUT2D eigenvalue weighted by Gasteiger charge is 2.12. The maximum atomic E-state index is 12.8. The van der Waals surface area contributed by atoms with E-state index < -0.39 is 0 Å². The van der Waals surface area contributed by atoms with Crippen LogP contribution in [0.2, 0.25) is 0 Å². The van der Waals surface area contributed by atoms with Crippen LogP contribution in [0.1, 0.15) is 32.7 Å². The van der Waals surface area contributed by atoms with E-state index in [0.717, 1.165) is 27.4 Å². The first-order valence-electron chi connectivity index (χ1n) is 10.5. The van der Waals surface area contributed by atoms with E-state index in [2.05, 4.69) is 41.5 Å². The molecule has 4 aromatic rings. The molecular formula is C26H25N3O2S. The minimum atomic E-state index is -0.359. The Morgan fingerprint density at radius 1 is 1.03 bits per heavy atom. The molecular weight excluding hydrogens is 418 g/mol. The molecule has 162 valence electrons. The maximum absolute atomic E-state index is 12.8. The summed E-state index contributed by atoms with van der Waals surface area (Å²) in [7, 11) is 0. The van der Waals surface area contributed by atoms with Crippen molar-refractivity contribution in [2.24, 2.45) is 0 Å². The first-order valence-corrected chi connectivity index (χ1v) is 11.4. The summed E-state index contributed by atoms with van der Waals surface area (Å²) >= 11 is 1.59. The van der Waals surface area contributed by atoms with Crippen LogP contribution >= 0.6 is 11.3 Å². The van der Waals surface area contributed by atoms with E-state index in [9.17, 15) is 9.59 Å². The van der Waals surface area contributed by atoms with E-state index >= 15 is 0 Å². The molecule has 0 saturated carbocycles. The van der Waals surface area contributed by atoms with Gasteiger partial charge in [-0.2, -0.15) is 0 Å². The molecule has 0 aliphatic rings. The van der Waals surface area contributed by atoms with E-state index in [0.29, 0.717) is 19.5 Å². The SMILES string of the molecule is Cc1ccc(-c2nc(CCNC(=O)c3cccn(Cc4cccc(C)c4)c3=O)cs2)cc1. The van der Waals surface area contributed by atoms with Gasteiger partial charge in [0, 0.05) is 30.1 Å². The molecule has 0 aliphatic carbocycles. The molecule has 4 rings (SSSR count). The molecule has 0 unspecified atom stereocenters. The lowest BCUT2D eigenvalue weighted by Gasteiger charge is -2.09. The van der Waals surface area contributed by atoms with Crippen molar-refractivity contribution >= 4 is 17.2 Å². The first kappa shape index (κ1) is 21.7. The standard InChI is InChI=1S/C26H25N3O2S/c1-18-8-10-21(11-9-18)25-28-22(17-32-25)12-13-27-24(30)23-7-4-14-29(26(23)31)16-20-6-3-5-19(2)15-20/h3-11,14-15,17H,12-13,16H2,1-2H3,(H,27,30). The number of aromatic nitrogens is 2. The smallest absolute Gasteiger partial charge is 0.263 e. The second-order valence-corrected chi connectivity index (χ2v) is 8.72. The quantitative estimate of drug-likeness (QED) is 0.454. The minimum absolute atomic E-state index is 0.152. The molecule has 32 heavy (non-hydrogen) atoms. The molecule has 0 saturated heterocycles. The Morgan fingerprint density at radius 2 is 1.84 bits per heavy atom. The molecule has 5 nitrogen and oxygen atoms in total. The summed E-state index contributed by atoms with van der Waals surface area (Å²) in [5.74, 6) is -0.359. The second-order valence-electron chi connectivity index (χ2n) is 7.86. The fourth-order valence-electron chi connectivity index (χ4n) is 3.49. The maximum Gasteiger partial charge on any atom is 0.263 e. The third-order valence-corrected chi connectivity index (χ3v) is 6.16. The van der Waals surface area contributed by atoms with Crippen LogP contribution in [0.5, 0.6) is 0 Å². The summed E-state index contributed by atoms with van der Waals surface area (Å²) in [6, 6.07) is 19.6. The number of pyridine rings is 1. The van der Waals surface area contributed by atoms with Gasteiger partial charge in [0.05, 0.1) is 12.2 Å². The van der Waals surface area contributed by atoms with E-state index in [-0.39, 0.29) is 17.0 Å². The van der Waals surface area contributed by atoms with E-state index in [1.165, 1.54) is 5.56 Å². The second kappa shape index (κ2) is 9.75. The molecule has 6 heteroatoms. The van der Waals surface area contributed by atoms with Crippen molar-refractivity contribution in [3.63, 3.8) is 0 Å². The van der Waals surface area contributed by atoms with Crippen LogP contribution in [0.15, 0.2) is 77.0 Å². The van der Waals surface area contributed by atoms with Crippen molar-refractivity contribution in [1.29, 1.82) is 0 Å². The van der Waals surface area contributed by atoms with Crippen molar-refractivity contribution in [3.8, 4) is 10.6 Å². The molecule has 1 N–H and O–H groups in total. The predicted molar refractivity (Wildman–Crippen MR) is 129 cm³/mol. The molecule has 2 aromatic heterocycles. The molecule has 0 radical (unpaired) electrons. The highest BCUT2D eigenvalue weighted by molar-refractivity contribution is 7.13. The molecule has 0 bridgehead atoms. The van der Waals surface area contributed by atoms with Crippen LogP contribution in [0, 0.1) is 13.8 Å². The minimum Gasteiger partial charge on any atom is -0.351 e. The van der Waals surface area contributed by atoms with Gasteiger partial charge in [-0.05, 0) is 31.5 Å². The fraction of sp³-hybridized carbons (Fsp3) is 0.192.